The minimum atomic E-state index is -0.523. The number of methoxy groups -OCH3 is 2. The van der Waals surface area contributed by atoms with Crippen molar-refractivity contribution in [3.05, 3.63) is 52.1 Å². The molecule has 2 aromatic carbocycles. The number of carbonyl (C=O) groups is 3. The molecule has 0 fully saturated rings. The van der Waals surface area contributed by atoms with E-state index in [0.29, 0.717) is 11.3 Å². The van der Waals surface area contributed by atoms with E-state index in [1.165, 1.54) is 45.4 Å². The van der Waals surface area contributed by atoms with E-state index in [1.54, 1.807) is 0 Å². The summed E-state index contributed by atoms with van der Waals surface area (Å²) in [5.41, 5.74) is 0.546. The first-order valence-electron chi connectivity index (χ1n) is 7.72. The first-order chi connectivity index (χ1) is 12.4. The Balaban J connectivity index is 2.18. The van der Waals surface area contributed by atoms with E-state index in [2.05, 4.69) is 0 Å². The third-order valence-corrected chi connectivity index (χ3v) is 4.09. The summed E-state index contributed by atoms with van der Waals surface area (Å²) in [7, 11) is 2.82. The summed E-state index contributed by atoms with van der Waals surface area (Å²) in [6.07, 6.45) is 0. The van der Waals surface area contributed by atoms with Crippen LogP contribution in [0.5, 0.6) is 17.2 Å². The van der Waals surface area contributed by atoms with Gasteiger partial charge in [0.1, 0.15) is 23.9 Å². The molecule has 0 aliphatic heterocycles. The third-order valence-electron chi connectivity index (χ3n) is 4.09. The molecule has 1 aliphatic carbocycles. The second kappa shape index (κ2) is 6.51. The Bertz CT molecular complexity index is 943. The fourth-order valence-electron chi connectivity index (χ4n) is 2.92. The van der Waals surface area contributed by atoms with Crippen molar-refractivity contribution in [2.24, 2.45) is 0 Å². The maximum Gasteiger partial charge on any atom is 0.302 e. The van der Waals surface area contributed by atoms with Crippen LogP contribution in [0.3, 0.4) is 0 Å². The lowest BCUT2D eigenvalue weighted by Crippen LogP contribution is -2.22. The van der Waals surface area contributed by atoms with Gasteiger partial charge in [0.05, 0.1) is 25.3 Å². The fourth-order valence-corrected chi connectivity index (χ4v) is 2.92. The van der Waals surface area contributed by atoms with E-state index in [1.807, 2.05) is 0 Å². The monoisotopic (exact) mass is 356 g/mol. The molecule has 0 saturated heterocycles. The van der Waals surface area contributed by atoms with Gasteiger partial charge in [-0.1, -0.05) is 0 Å². The van der Waals surface area contributed by atoms with Crippen molar-refractivity contribution in [1.82, 2.24) is 0 Å². The van der Waals surface area contributed by atoms with E-state index >= 15 is 0 Å². The second-order valence-corrected chi connectivity index (χ2v) is 5.73. The fraction of sp³-hybridized carbons (Fsp3) is 0.211. The average molecular weight is 356 g/mol. The van der Waals surface area contributed by atoms with E-state index in [-0.39, 0.29) is 40.4 Å². The number of aromatic hydroxyl groups is 1. The van der Waals surface area contributed by atoms with Crippen LogP contribution in [0.15, 0.2) is 24.3 Å². The molecule has 1 aliphatic rings. The highest BCUT2D eigenvalue weighted by Gasteiger charge is 2.35. The second-order valence-electron chi connectivity index (χ2n) is 5.73. The van der Waals surface area contributed by atoms with Gasteiger partial charge in [-0.2, -0.15) is 0 Å². The van der Waals surface area contributed by atoms with Crippen LogP contribution in [0.4, 0.5) is 0 Å². The lowest BCUT2D eigenvalue weighted by molar-refractivity contribution is -0.142. The highest BCUT2D eigenvalue weighted by molar-refractivity contribution is 6.30. The molecule has 7 heteroatoms. The van der Waals surface area contributed by atoms with E-state index in [9.17, 15) is 19.5 Å². The van der Waals surface area contributed by atoms with Gasteiger partial charge in [0.2, 0.25) is 5.78 Å². The number of phenols is 1. The maximum absolute atomic E-state index is 13.0. The van der Waals surface area contributed by atoms with Crippen LogP contribution in [0.2, 0.25) is 0 Å². The first kappa shape index (κ1) is 17.5. The van der Waals surface area contributed by atoms with Gasteiger partial charge >= 0.3 is 5.97 Å². The van der Waals surface area contributed by atoms with E-state index < -0.39 is 17.5 Å². The molecule has 0 amide bonds. The van der Waals surface area contributed by atoms with Crippen LogP contribution in [-0.2, 0) is 16.1 Å². The van der Waals surface area contributed by atoms with Crippen molar-refractivity contribution in [3.63, 3.8) is 0 Å². The number of ether oxygens (including phenoxy) is 3. The number of esters is 1. The molecular weight excluding hydrogens is 340 g/mol. The minimum Gasteiger partial charge on any atom is -0.507 e. The smallest absolute Gasteiger partial charge is 0.302 e. The third kappa shape index (κ3) is 2.77. The molecule has 0 spiro atoms. The molecule has 0 bridgehead atoms. The summed E-state index contributed by atoms with van der Waals surface area (Å²) in [4.78, 5) is 36.8. The zero-order valence-corrected chi connectivity index (χ0v) is 14.4. The molecule has 0 heterocycles. The van der Waals surface area contributed by atoms with Crippen LogP contribution < -0.4 is 9.47 Å². The van der Waals surface area contributed by atoms with Gasteiger partial charge in [0, 0.05) is 24.1 Å². The minimum absolute atomic E-state index is 0.0416. The predicted octanol–water partition coefficient (Wildman–Crippen LogP) is 2.25. The van der Waals surface area contributed by atoms with Crippen molar-refractivity contribution >= 4 is 17.5 Å². The molecule has 0 radical (unpaired) electrons. The molecule has 2 aromatic rings. The topological polar surface area (TPSA) is 99.1 Å². The largest absolute Gasteiger partial charge is 0.507 e. The predicted molar refractivity (Wildman–Crippen MR) is 90.0 cm³/mol. The van der Waals surface area contributed by atoms with E-state index in [4.69, 9.17) is 14.2 Å². The zero-order valence-electron chi connectivity index (χ0n) is 14.4. The summed E-state index contributed by atoms with van der Waals surface area (Å²) < 4.78 is 15.3. The van der Waals surface area contributed by atoms with E-state index in [0.717, 1.165) is 0 Å². The molecular formula is C19H16O7. The number of rotatable bonds is 4. The van der Waals surface area contributed by atoms with Gasteiger partial charge in [-0.3, -0.25) is 14.4 Å². The average Bonchev–Trinajstić information content (AvgIpc) is 2.62. The van der Waals surface area contributed by atoms with Gasteiger partial charge in [-0.25, -0.2) is 0 Å². The highest BCUT2D eigenvalue weighted by Crippen LogP contribution is 2.39. The van der Waals surface area contributed by atoms with Gasteiger partial charge < -0.3 is 19.3 Å². The molecule has 26 heavy (non-hydrogen) atoms. The van der Waals surface area contributed by atoms with Crippen LogP contribution in [0, 0.1) is 0 Å². The van der Waals surface area contributed by atoms with Crippen LogP contribution in [0.1, 0.15) is 44.3 Å². The molecule has 0 saturated carbocycles. The van der Waals surface area contributed by atoms with Crippen molar-refractivity contribution in [2.45, 2.75) is 13.5 Å². The molecule has 1 N–H and O–H groups in total. The summed E-state index contributed by atoms with van der Waals surface area (Å²) in [6, 6.07) is 5.69. The molecule has 0 atom stereocenters. The SMILES string of the molecule is COc1cc(OC)c2c(c1)C(=O)c1cc(COC(C)=O)cc(O)c1C2=O. The highest BCUT2D eigenvalue weighted by atomic mass is 16.5. The van der Waals surface area contributed by atoms with Crippen LogP contribution in [-0.4, -0.2) is 36.9 Å². The number of hydrogen-bond acceptors (Lipinski definition) is 7. The molecule has 0 unspecified atom stereocenters. The Kier molecular flexibility index (Phi) is 4.38. The molecule has 3 rings (SSSR count). The number of hydrogen-bond donors (Lipinski definition) is 1. The summed E-state index contributed by atoms with van der Waals surface area (Å²) in [5.74, 6) is -1.27. The summed E-state index contributed by atoms with van der Waals surface area (Å²) >= 11 is 0. The number of ketones is 2. The van der Waals surface area contributed by atoms with Crippen LogP contribution in [0.25, 0.3) is 0 Å². The number of phenolic OH excluding ortho intramolecular Hbond substituents is 1. The van der Waals surface area contributed by atoms with Crippen LogP contribution >= 0.6 is 0 Å². The first-order valence-corrected chi connectivity index (χ1v) is 7.72. The molecule has 0 aromatic heterocycles. The van der Waals surface area contributed by atoms with Gasteiger partial charge in [0.15, 0.2) is 5.78 Å². The van der Waals surface area contributed by atoms with Crippen molar-refractivity contribution < 1.29 is 33.7 Å². The quantitative estimate of drug-likeness (QED) is 0.716. The lowest BCUT2D eigenvalue weighted by Gasteiger charge is -2.22. The normalized spacial score (nSPS) is 12.3. The maximum atomic E-state index is 13.0. The Morgan fingerprint density at radius 2 is 1.65 bits per heavy atom. The van der Waals surface area contributed by atoms with Crippen molar-refractivity contribution in [2.75, 3.05) is 14.2 Å². The van der Waals surface area contributed by atoms with Crippen molar-refractivity contribution in [1.29, 1.82) is 0 Å². The zero-order chi connectivity index (χ0) is 19.0. The Morgan fingerprint density at radius 1 is 0.962 bits per heavy atom. The molecule has 7 nitrogen and oxygen atoms in total. The Labute approximate surface area is 149 Å². The summed E-state index contributed by atoms with van der Waals surface area (Å²) in [6.45, 7) is 1.13. The summed E-state index contributed by atoms with van der Waals surface area (Å²) in [5, 5.41) is 10.3. The number of carbonyl (C=O) groups excluding carboxylic acids is 3. The van der Waals surface area contributed by atoms with Gasteiger partial charge in [-0.05, 0) is 23.8 Å². The van der Waals surface area contributed by atoms with Gasteiger partial charge in [0.25, 0.3) is 0 Å². The number of benzene rings is 2. The van der Waals surface area contributed by atoms with Crippen molar-refractivity contribution in [3.8, 4) is 17.2 Å². The Morgan fingerprint density at radius 3 is 2.27 bits per heavy atom. The molecule has 134 valence electrons. The van der Waals surface area contributed by atoms with Gasteiger partial charge in [-0.15, -0.1) is 0 Å². The standard InChI is InChI=1S/C19H16O7/c1-9(20)26-8-10-4-12-16(14(21)5-10)19(23)17-13(18(12)22)6-11(24-2)7-15(17)25-3/h4-7,21H,8H2,1-3H3. The number of fused-ring (bicyclic) bond motifs is 2. The lowest BCUT2D eigenvalue weighted by atomic mass is 9.82. The Hall–Kier alpha value is -3.35.